The average Bonchev–Trinajstić information content (AvgIpc) is 2.66. The first-order chi connectivity index (χ1) is 13.0. The summed E-state index contributed by atoms with van der Waals surface area (Å²) in [6.07, 6.45) is 1.03. The van der Waals surface area contributed by atoms with Crippen LogP contribution < -0.4 is 15.8 Å². The lowest BCUT2D eigenvalue weighted by atomic mass is 10.1. The Morgan fingerprint density at radius 2 is 1.85 bits per heavy atom. The lowest BCUT2D eigenvalue weighted by Gasteiger charge is -2.17. The van der Waals surface area contributed by atoms with Gasteiger partial charge in [-0.15, -0.1) is 0 Å². The van der Waals surface area contributed by atoms with Crippen molar-refractivity contribution in [2.45, 2.75) is 6.92 Å². The van der Waals surface area contributed by atoms with Crippen LogP contribution in [0.5, 0.6) is 0 Å². The summed E-state index contributed by atoms with van der Waals surface area (Å²) in [4.78, 5) is 31.6. The third-order valence-electron chi connectivity index (χ3n) is 3.42. The van der Waals surface area contributed by atoms with Crippen molar-refractivity contribution in [3.05, 3.63) is 51.8 Å². The van der Waals surface area contributed by atoms with E-state index in [2.05, 4.69) is 20.8 Å². The Labute approximate surface area is 154 Å². The van der Waals surface area contributed by atoms with Crippen molar-refractivity contribution in [1.82, 2.24) is 15.4 Å². The van der Waals surface area contributed by atoms with E-state index in [4.69, 9.17) is 10.5 Å². The lowest BCUT2D eigenvalue weighted by Crippen LogP contribution is -2.31. The molecular weight excluding hydrogens is 352 g/mol. The van der Waals surface area contributed by atoms with Gasteiger partial charge in [0.25, 0.3) is 5.91 Å². The molecule has 136 valence electrons. The molecular formula is C16H14N8O3. The van der Waals surface area contributed by atoms with Crippen molar-refractivity contribution >= 4 is 23.2 Å². The first-order valence-corrected chi connectivity index (χ1v) is 7.59. The Kier molecular flexibility index (Phi) is 6.17. The van der Waals surface area contributed by atoms with Gasteiger partial charge < -0.3 is 4.90 Å². The number of carbonyl (C=O) groups is 1. The van der Waals surface area contributed by atoms with Crippen LogP contribution in [0, 0.1) is 39.7 Å². The third kappa shape index (κ3) is 4.64. The molecule has 1 amide bonds. The Morgan fingerprint density at radius 3 is 2.41 bits per heavy atom. The first kappa shape index (κ1) is 19.1. The van der Waals surface area contributed by atoms with Crippen molar-refractivity contribution in [3.63, 3.8) is 0 Å². The van der Waals surface area contributed by atoms with Gasteiger partial charge >= 0.3 is 5.69 Å². The van der Waals surface area contributed by atoms with E-state index in [9.17, 15) is 14.9 Å². The SMILES string of the molecule is Cc1ccc(C(=O)NNc2ncnc(N(CC#N)CC#N)c2[N+](=O)[O-])cc1. The van der Waals surface area contributed by atoms with Gasteiger partial charge in [-0.3, -0.25) is 25.8 Å². The standard InChI is InChI=1S/C16H14N8O3/c1-11-2-4-12(5-3-11)16(25)22-21-14-13(24(26)27)15(20-10-19-14)23(8-6-17)9-7-18/h2-5,10H,8-9H2,1H3,(H,22,25)(H,19,20,21). The number of hydrogen-bond donors (Lipinski definition) is 2. The lowest BCUT2D eigenvalue weighted by molar-refractivity contribution is -0.383. The number of nitrogens with zero attached hydrogens (tertiary/aromatic N) is 6. The highest BCUT2D eigenvalue weighted by Gasteiger charge is 2.27. The Balaban J connectivity index is 2.28. The van der Waals surface area contributed by atoms with Crippen LogP contribution in [-0.2, 0) is 0 Å². The maximum absolute atomic E-state index is 12.2. The molecule has 0 fully saturated rings. The van der Waals surface area contributed by atoms with Crippen LogP contribution in [0.3, 0.4) is 0 Å². The number of aryl methyl sites for hydroxylation is 1. The molecule has 11 nitrogen and oxygen atoms in total. The molecule has 0 saturated carbocycles. The number of rotatable bonds is 7. The quantitative estimate of drug-likeness (QED) is 0.418. The van der Waals surface area contributed by atoms with Crippen molar-refractivity contribution < 1.29 is 9.72 Å². The number of benzene rings is 1. The monoisotopic (exact) mass is 366 g/mol. The maximum Gasteiger partial charge on any atom is 0.355 e. The van der Waals surface area contributed by atoms with Gasteiger partial charge in [0.15, 0.2) is 0 Å². The van der Waals surface area contributed by atoms with E-state index in [1.165, 1.54) is 0 Å². The minimum absolute atomic E-state index is 0.204. The Morgan fingerprint density at radius 1 is 1.22 bits per heavy atom. The summed E-state index contributed by atoms with van der Waals surface area (Å²) in [5, 5.41) is 29.2. The number of nitro groups is 1. The van der Waals surface area contributed by atoms with Gasteiger partial charge in [-0.25, -0.2) is 9.97 Å². The van der Waals surface area contributed by atoms with Crippen LogP contribution in [-0.4, -0.2) is 33.9 Å². The fourth-order valence-corrected chi connectivity index (χ4v) is 2.13. The minimum atomic E-state index is -0.753. The first-order valence-electron chi connectivity index (χ1n) is 7.59. The van der Waals surface area contributed by atoms with Crippen molar-refractivity contribution in [1.29, 1.82) is 10.5 Å². The highest BCUT2D eigenvalue weighted by atomic mass is 16.6. The molecule has 1 heterocycles. The molecule has 2 aromatic rings. The molecule has 0 spiro atoms. The Bertz CT molecular complexity index is 914. The number of amides is 1. The second kappa shape index (κ2) is 8.73. The third-order valence-corrected chi connectivity index (χ3v) is 3.42. The van der Waals surface area contributed by atoms with Crippen molar-refractivity contribution in [3.8, 4) is 12.1 Å². The number of carbonyl (C=O) groups excluding carboxylic acids is 1. The summed E-state index contributed by atoms with van der Waals surface area (Å²) >= 11 is 0. The predicted octanol–water partition coefficient (Wildman–Crippen LogP) is 1.30. The number of aromatic nitrogens is 2. The van der Waals surface area contributed by atoms with Crippen LogP contribution in [0.25, 0.3) is 0 Å². The summed E-state index contributed by atoms with van der Waals surface area (Å²) in [6.45, 7) is 1.32. The van der Waals surface area contributed by atoms with E-state index in [0.29, 0.717) is 5.56 Å². The fraction of sp³-hybridized carbons (Fsp3) is 0.188. The molecule has 0 radical (unpaired) electrons. The van der Waals surface area contributed by atoms with Crippen molar-refractivity contribution in [2.24, 2.45) is 0 Å². The topological polar surface area (TPSA) is 161 Å². The number of hydrazine groups is 1. The molecule has 11 heteroatoms. The molecule has 0 aliphatic heterocycles. The van der Waals surface area contributed by atoms with E-state index >= 15 is 0 Å². The van der Waals surface area contributed by atoms with E-state index in [1.54, 1.807) is 24.3 Å². The van der Waals surface area contributed by atoms with Crippen LogP contribution in [0.2, 0.25) is 0 Å². The molecule has 2 rings (SSSR count). The highest BCUT2D eigenvalue weighted by Crippen LogP contribution is 2.31. The molecule has 0 bridgehead atoms. The van der Waals surface area contributed by atoms with Crippen LogP contribution in [0.4, 0.5) is 17.3 Å². The number of nitriles is 2. The molecule has 27 heavy (non-hydrogen) atoms. The zero-order valence-electron chi connectivity index (χ0n) is 14.2. The normalized spacial score (nSPS) is 9.59. The van der Waals surface area contributed by atoms with Gasteiger partial charge in [0.1, 0.15) is 19.4 Å². The summed E-state index contributed by atoms with van der Waals surface area (Å²) in [7, 11) is 0. The summed E-state index contributed by atoms with van der Waals surface area (Å²) in [6, 6.07) is 10.3. The van der Waals surface area contributed by atoms with Crippen LogP contribution in [0.1, 0.15) is 15.9 Å². The van der Waals surface area contributed by atoms with Crippen LogP contribution >= 0.6 is 0 Å². The second-order valence-electron chi connectivity index (χ2n) is 5.27. The van der Waals surface area contributed by atoms with Gasteiger partial charge in [0.2, 0.25) is 11.6 Å². The molecule has 0 atom stereocenters. The average molecular weight is 366 g/mol. The number of hydrogen-bond acceptors (Lipinski definition) is 9. The summed E-state index contributed by atoms with van der Waals surface area (Å²) in [5.74, 6) is -0.994. The van der Waals surface area contributed by atoms with Crippen molar-refractivity contribution in [2.75, 3.05) is 23.4 Å². The number of anilines is 2. The predicted molar refractivity (Wildman–Crippen MR) is 94.4 cm³/mol. The smallest absolute Gasteiger partial charge is 0.324 e. The zero-order valence-corrected chi connectivity index (χ0v) is 14.2. The van der Waals surface area contributed by atoms with Gasteiger partial charge in [0.05, 0.1) is 17.1 Å². The maximum atomic E-state index is 12.2. The molecule has 0 unspecified atom stereocenters. The molecule has 2 N–H and O–H groups in total. The minimum Gasteiger partial charge on any atom is -0.324 e. The summed E-state index contributed by atoms with van der Waals surface area (Å²) in [5.41, 5.74) is 5.49. The zero-order chi connectivity index (χ0) is 19.8. The van der Waals surface area contributed by atoms with E-state index in [-0.39, 0.29) is 24.7 Å². The molecule has 0 aliphatic rings. The molecule has 0 aliphatic carbocycles. The second-order valence-corrected chi connectivity index (χ2v) is 5.27. The van der Waals surface area contributed by atoms with E-state index in [1.807, 2.05) is 19.1 Å². The van der Waals surface area contributed by atoms with E-state index in [0.717, 1.165) is 16.8 Å². The fourth-order valence-electron chi connectivity index (χ4n) is 2.13. The molecule has 1 aromatic carbocycles. The van der Waals surface area contributed by atoms with E-state index < -0.39 is 16.5 Å². The highest BCUT2D eigenvalue weighted by molar-refractivity contribution is 5.95. The van der Waals surface area contributed by atoms with Gasteiger partial charge in [-0.05, 0) is 19.1 Å². The van der Waals surface area contributed by atoms with Gasteiger partial charge in [-0.2, -0.15) is 10.5 Å². The molecule has 0 saturated heterocycles. The largest absolute Gasteiger partial charge is 0.355 e. The summed E-state index contributed by atoms with van der Waals surface area (Å²) < 4.78 is 0. The van der Waals surface area contributed by atoms with Crippen LogP contribution in [0.15, 0.2) is 30.6 Å². The number of nitrogens with one attached hydrogen (secondary N) is 2. The van der Waals surface area contributed by atoms with Gasteiger partial charge in [0, 0.05) is 5.56 Å². The molecule has 1 aromatic heterocycles. The van der Waals surface area contributed by atoms with Gasteiger partial charge in [-0.1, -0.05) is 17.7 Å². The Hall–Kier alpha value is -4.25.